The Morgan fingerprint density at radius 1 is 1.41 bits per heavy atom. The highest BCUT2D eigenvalue weighted by Gasteiger charge is 2.26. The SMILES string of the molecule is CCC1CCCN1c1cccc2c1CNCC2. The summed E-state index contributed by atoms with van der Waals surface area (Å²) in [6, 6.07) is 7.63. The molecule has 2 heterocycles. The molecule has 92 valence electrons. The van der Waals surface area contributed by atoms with E-state index in [1.54, 1.807) is 11.1 Å². The Morgan fingerprint density at radius 2 is 2.35 bits per heavy atom. The highest BCUT2D eigenvalue weighted by atomic mass is 15.2. The first-order chi connectivity index (χ1) is 8.40. The molecule has 2 aliphatic heterocycles. The monoisotopic (exact) mass is 230 g/mol. The van der Waals surface area contributed by atoms with Gasteiger partial charge in [0.25, 0.3) is 0 Å². The molecule has 17 heavy (non-hydrogen) atoms. The van der Waals surface area contributed by atoms with Crippen LogP contribution in [0.5, 0.6) is 0 Å². The maximum atomic E-state index is 3.51. The van der Waals surface area contributed by atoms with E-state index in [2.05, 4.69) is 35.3 Å². The Kier molecular flexibility index (Phi) is 3.06. The molecule has 0 aromatic heterocycles. The van der Waals surface area contributed by atoms with Crippen LogP contribution in [0.25, 0.3) is 0 Å². The second-order valence-electron chi connectivity index (χ2n) is 5.24. The maximum Gasteiger partial charge on any atom is 0.0417 e. The van der Waals surface area contributed by atoms with Crippen LogP contribution in [0.3, 0.4) is 0 Å². The smallest absolute Gasteiger partial charge is 0.0417 e. The van der Waals surface area contributed by atoms with Crippen LogP contribution < -0.4 is 10.2 Å². The first-order valence-electron chi connectivity index (χ1n) is 6.98. The van der Waals surface area contributed by atoms with Gasteiger partial charge in [-0.3, -0.25) is 0 Å². The van der Waals surface area contributed by atoms with E-state index >= 15 is 0 Å². The normalized spacial score (nSPS) is 23.8. The molecular weight excluding hydrogens is 208 g/mol. The summed E-state index contributed by atoms with van der Waals surface area (Å²) in [5.41, 5.74) is 4.61. The number of hydrogen-bond donors (Lipinski definition) is 1. The molecule has 1 N–H and O–H groups in total. The lowest BCUT2D eigenvalue weighted by Crippen LogP contribution is -2.32. The Morgan fingerprint density at radius 3 is 3.24 bits per heavy atom. The van der Waals surface area contributed by atoms with Crippen molar-refractivity contribution in [3.8, 4) is 0 Å². The Hall–Kier alpha value is -1.02. The first kappa shape index (κ1) is 11.1. The zero-order valence-corrected chi connectivity index (χ0v) is 10.7. The van der Waals surface area contributed by atoms with Crippen molar-refractivity contribution >= 4 is 5.69 Å². The van der Waals surface area contributed by atoms with Crippen LogP contribution in [0.4, 0.5) is 5.69 Å². The molecule has 0 saturated carbocycles. The molecule has 0 bridgehead atoms. The fourth-order valence-electron chi connectivity index (χ4n) is 3.34. The molecule has 2 heteroatoms. The third-order valence-corrected chi connectivity index (χ3v) is 4.28. The van der Waals surface area contributed by atoms with Gasteiger partial charge in [0.2, 0.25) is 0 Å². The highest BCUT2D eigenvalue weighted by Crippen LogP contribution is 2.32. The summed E-state index contributed by atoms with van der Waals surface area (Å²) in [7, 11) is 0. The second kappa shape index (κ2) is 4.69. The average molecular weight is 230 g/mol. The lowest BCUT2D eigenvalue weighted by atomic mass is 9.98. The van der Waals surface area contributed by atoms with Crippen LogP contribution in [0.1, 0.15) is 37.3 Å². The molecule has 1 fully saturated rings. The zero-order chi connectivity index (χ0) is 11.7. The summed E-state index contributed by atoms with van der Waals surface area (Å²) in [6.07, 6.45) is 5.19. The van der Waals surface area contributed by atoms with Gasteiger partial charge in [0, 0.05) is 24.8 Å². The summed E-state index contributed by atoms with van der Waals surface area (Å²) < 4.78 is 0. The summed E-state index contributed by atoms with van der Waals surface area (Å²) >= 11 is 0. The Bertz CT molecular complexity index is 400. The Labute approximate surface area is 104 Å². The van der Waals surface area contributed by atoms with Gasteiger partial charge in [0.05, 0.1) is 0 Å². The molecule has 2 aliphatic rings. The fraction of sp³-hybridized carbons (Fsp3) is 0.600. The molecule has 1 saturated heterocycles. The summed E-state index contributed by atoms with van der Waals surface area (Å²) in [4.78, 5) is 2.64. The number of benzene rings is 1. The molecule has 1 unspecified atom stereocenters. The minimum Gasteiger partial charge on any atom is -0.368 e. The number of rotatable bonds is 2. The predicted molar refractivity (Wildman–Crippen MR) is 72.5 cm³/mol. The molecule has 3 rings (SSSR count). The average Bonchev–Trinajstić information content (AvgIpc) is 2.86. The van der Waals surface area contributed by atoms with Gasteiger partial charge in [0.15, 0.2) is 0 Å². The van der Waals surface area contributed by atoms with Crippen molar-refractivity contribution in [2.75, 3.05) is 18.0 Å². The van der Waals surface area contributed by atoms with E-state index < -0.39 is 0 Å². The van der Waals surface area contributed by atoms with Crippen LogP contribution in [0.2, 0.25) is 0 Å². The second-order valence-corrected chi connectivity index (χ2v) is 5.24. The minimum absolute atomic E-state index is 0.767. The minimum atomic E-state index is 0.767. The van der Waals surface area contributed by atoms with E-state index in [1.165, 1.54) is 37.9 Å². The van der Waals surface area contributed by atoms with Gasteiger partial charge in [-0.15, -0.1) is 0 Å². The van der Waals surface area contributed by atoms with Gasteiger partial charge in [0.1, 0.15) is 0 Å². The van der Waals surface area contributed by atoms with Crippen LogP contribution in [-0.4, -0.2) is 19.1 Å². The molecule has 0 radical (unpaired) electrons. The summed E-state index contributed by atoms with van der Waals surface area (Å²) in [5, 5.41) is 3.51. The van der Waals surface area contributed by atoms with E-state index in [0.717, 1.165) is 19.1 Å². The van der Waals surface area contributed by atoms with Crippen molar-refractivity contribution in [3.63, 3.8) is 0 Å². The van der Waals surface area contributed by atoms with Gasteiger partial charge in [-0.2, -0.15) is 0 Å². The van der Waals surface area contributed by atoms with Gasteiger partial charge in [-0.25, -0.2) is 0 Å². The lowest BCUT2D eigenvalue weighted by molar-refractivity contribution is 0.621. The van der Waals surface area contributed by atoms with Gasteiger partial charge in [-0.05, 0) is 49.4 Å². The van der Waals surface area contributed by atoms with Crippen LogP contribution >= 0.6 is 0 Å². The number of anilines is 1. The molecule has 0 aliphatic carbocycles. The largest absolute Gasteiger partial charge is 0.368 e. The molecular formula is C15H22N2. The number of fused-ring (bicyclic) bond motifs is 1. The standard InChI is InChI=1S/C15H22N2/c1-2-13-6-4-10-17(13)15-7-3-5-12-8-9-16-11-14(12)15/h3,5,7,13,16H,2,4,6,8-11H2,1H3. The van der Waals surface area contributed by atoms with Crippen molar-refractivity contribution in [1.29, 1.82) is 0 Å². The Balaban J connectivity index is 1.97. The van der Waals surface area contributed by atoms with Crippen molar-refractivity contribution in [2.45, 2.75) is 45.2 Å². The van der Waals surface area contributed by atoms with E-state index in [-0.39, 0.29) is 0 Å². The van der Waals surface area contributed by atoms with Crippen molar-refractivity contribution in [1.82, 2.24) is 5.32 Å². The molecule has 1 aromatic carbocycles. The maximum absolute atomic E-state index is 3.51. The van der Waals surface area contributed by atoms with Crippen LogP contribution in [0, 0.1) is 0 Å². The van der Waals surface area contributed by atoms with Gasteiger partial charge in [-0.1, -0.05) is 19.1 Å². The van der Waals surface area contributed by atoms with E-state index in [9.17, 15) is 0 Å². The fourth-order valence-corrected chi connectivity index (χ4v) is 3.34. The van der Waals surface area contributed by atoms with Crippen molar-refractivity contribution in [2.24, 2.45) is 0 Å². The summed E-state index contributed by atoms with van der Waals surface area (Å²) in [6.45, 7) is 5.75. The van der Waals surface area contributed by atoms with Crippen molar-refractivity contribution < 1.29 is 0 Å². The number of hydrogen-bond acceptors (Lipinski definition) is 2. The molecule has 1 aromatic rings. The van der Waals surface area contributed by atoms with Crippen LogP contribution in [-0.2, 0) is 13.0 Å². The third-order valence-electron chi connectivity index (χ3n) is 4.28. The topological polar surface area (TPSA) is 15.3 Å². The quantitative estimate of drug-likeness (QED) is 0.840. The predicted octanol–water partition coefficient (Wildman–Crippen LogP) is 2.71. The number of nitrogens with one attached hydrogen (secondary N) is 1. The third kappa shape index (κ3) is 1.95. The molecule has 1 atom stereocenters. The van der Waals surface area contributed by atoms with E-state index in [4.69, 9.17) is 0 Å². The first-order valence-corrected chi connectivity index (χ1v) is 6.98. The molecule has 0 spiro atoms. The zero-order valence-electron chi connectivity index (χ0n) is 10.7. The molecule has 0 amide bonds. The number of nitrogens with zero attached hydrogens (tertiary/aromatic N) is 1. The van der Waals surface area contributed by atoms with Gasteiger partial charge < -0.3 is 10.2 Å². The molecule has 2 nitrogen and oxygen atoms in total. The summed E-state index contributed by atoms with van der Waals surface area (Å²) in [5.74, 6) is 0. The van der Waals surface area contributed by atoms with Gasteiger partial charge >= 0.3 is 0 Å². The van der Waals surface area contributed by atoms with E-state index in [1.807, 2.05) is 0 Å². The lowest BCUT2D eigenvalue weighted by Gasteiger charge is -2.31. The van der Waals surface area contributed by atoms with Crippen LogP contribution in [0.15, 0.2) is 18.2 Å². The van der Waals surface area contributed by atoms with E-state index in [0.29, 0.717) is 0 Å². The van der Waals surface area contributed by atoms with Crippen molar-refractivity contribution in [3.05, 3.63) is 29.3 Å². The highest BCUT2D eigenvalue weighted by molar-refractivity contribution is 5.58.